The molecule has 0 saturated carbocycles. The third-order valence-electron chi connectivity index (χ3n) is 3.08. The molecule has 96 valence electrons. The van der Waals surface area contributed by atoms with E-state index in [2.05, 4.69) is 10.4 Å². The first-order valence-corrected chi connectivity index (χ1v) is 5.88. The van der Waals surface area contributed by atoms with Gasteiger partial charge in [0.05, 0.1) is 6.04 Å². The van der Waals surface area contributed by atoms with E-state index in [1.165, 1.54) is 0 Å². The number of hydrogen-bond donors (Lipinski definition) is 1. The van der Waals surface area contributed by atoms with E-state index in [0.29, 0.717) is 18.7 Å². The number of alkyl halides is 3. The molecule has 0 bridgehead atoms. The van der Waals surface area contributed by atoms with Crippen molar-refractivity contribution < 1.29 is 13.2 Å². The molecular formula is C11H16F3N3. The fraction of sp³-hybridized carbons (Fsp3) is 0.727. The number of hydrogen-bond acceptors (Lipinski definition) is 2. The second-order valence-corrected chi connectivity index (χ2v) is 4.32. The Morgan fingerprint density at radius 1 is 1.53 bits per heavy atom. The molecule has 1 atom stereocenters. The maximum Gasteiger partial charge on any atom is 0.435 e. The van der Waals surface area contributed by atoms with E-state index in [9.17, 15) is 13.2 Å². The fourth-order valence-electron chi connectivity index (χ4n) is 2.19. The third kappa shape index (κ3) is 2.62. The summed E-state index contributed by atoms with van der Waals surface area (Å²) in [6.45, 7) is 3.49. The van der Waals surface area contributed by atoms with Crippen molar-refractivity contribution in [3.63, 3.8) is 0 Å². The van der Waals surface area contributed by atoms with Crippen LogP contribution in [-0.2, 0) is 12.6 Å². The van der Waals surface area contributed by atoms with E-state index in [1.807, 2.05) is 6.92 Å². The number of nitrogens with one attached hydrogen (secondary N) is 1. The zero-order chi connectivity index (χ0) is 12.5. The van der Waals surface area contributed by atoms with E-state index < -0.39 is 11.9 Å². The van der Waals surface area contributed by atoms with Crippen molar-refractivity contribution >= 4 is 0 Å². The van der Waals surface area contributed by atoms with Gasteiger partial charge in [0.15, 0.2) is 5.69 Å². The Labute approximate surface area is 98.0 Å². The first kappa shape index (κ1) is 12.4. The Morgan fingerprint density at radius 3 is 2.82 bits per heavy atom. The first-order chi connectivity index (χ1) is 8.02. The van der Waals surface area contributed by atoms with Gasteiger partial charge in [0.25, 0.3) is 0 Å². The maximum atomic E-state index is 12.6. The lowest BCUT2D eigenvalue weighted by Crippen LogP contribution is -2.33. The number of piperidine rings is 1. The van der Waals surface area contributed by atoms with Crippen molar-refractivity contribution in [2.24, 2.45) is 0 Å². The maximum absolute atomic E-state index is 12.6. The van der Waals surface area contributed by atoms with Crippen molar-refractivity contribution in [1.82, 2.24) is 15.1 Å². The van der Waals surface area contributed by atoms with Crippen LogP contribution in [0.1, 0.15) is 37.2 Å². The minimum atomic E-state index is -4.35. The zero-order valence-corrected chi connectivity index (χ0v) is 9.72. The zero-order valence-electron chi connectivity index (χ0n) is 9.72. The quantitative estimate of drug-likeness (QED) is 0.869. The normalized spacial score (nSPS) is 21.8. The molecule has 1 saturated heterocycles. The van der Waals surface area contributed by atoms with Gasteiger partial charge in [-0.3, -0.25) is 4.68 Å². The number of aromatic nitrogens is 2. The molecule has 1 unspecified atom stereocenters. The standard InChI is InChI=1S/C11H16F3N3/c1-2-8-6-10(11(12,13)14)16-17(8)9-4-3-5-15-7-9/h6,9,15H,2-5,7H2,1H3. The third-order valence-corrected chi connectivity index (χ3v) is 3.08. The average Bonchev–Trinajstić information content (AvgIpc) is 2.73. The molecule has 1 fully saturated rings. The molecule has 2 rings (SSSR count). The summed E-state index contributed by atoms with van der Waals surface area (Å²) in [6.07, 6.45) is -1.91. The van der Waals surface area contributed by atoms with Gasteiger partial charge in [-0.1, -0.05) is 6.92 Å². The molecule has 17 heavy (non-hydrogen) atoms. The van der Waals surface area contributed by atoms with E-state index in [-0.39, 0.29) is 6.04 Å². The summed E-state index contributed by atoms with van der Waals surface area (Å²) in [4.78, 5) is 0. The summed E-state index contributed by atoms with van der Waals surface area (Å²) in [5.41, 5.74) is -0.119. The SMILES string of the molecule is CCc1cc(C(F)(F)F)nn1C1CCCNC1. The molecule has 3 nitrogen and oxygen atoms in total. The predicted octanol–water partition coefficient (Wildman–Crippen LogP) is 2.39. The van der Waals surface area contributed by atoms with Gasteiger partial charge in [-0.25, -0.2) is 0 Å². The van der Waals surface area contributed by atoms with Gasteiger partial charge in [-0.2, -0.15) is 18.3 Å². The van der Waals surface area contributed by atoms with Gasteiger partial charge in [0.2, 0.25) is 0 Å². The number of rotatable bonds is 2. The summed E-state index contributed by atoms with van der Waals surface area (Å²) >= 11 is 0. The van der Waals surface area contributed by atoms with Crippen molar-refractivity contribution in [2.45, 2.75) is 38.4 Å². The second kappa shape index (κ2) is 4.68. The molecule has 0 aliphatic carbocycles. The lowest BCUT2D eigenvalue weighted by atomic mass is 10.1. The Morgan fingerprint density at radius 2 is 2.29 bits per heavy atom. The van der Waals surface area contributed by atoms with Crippen LogP contribution < -0.4 is 5.32 Å². The van der Waals surface area contributed by atoms with Crippen LogP contribution in [0.4, 0.5) is 13.2 Å². The van der Waals surface area contributed by atoms with Gasteiger partial charge >= 0.3 is 6.18 Å². The number of nitrogens with zero attached hydrogens (tertiary/aromatic N) is 2. The lowest BCUT2D eigenvalue weighted by molar-refractivity contribution is -0.141. The van der Waals surface area contributed by atoms with E-state index in [1.54, 1.807) is 4.68 Å². The van der Waals surface area contributed by atoms with E-state index in [4.69, 9.17) is 0 Å². The van der Waals surface area contributed by atoms with Crippen LogP contribution in [0.2, 0.25) is 0 Å². The highest BCUT2D eigenvalue weighted by Gasteiger charge is 2.35. The Balaban J connectivity index is 2.28. The van der Waals surface area contributed by atoms with E-state index >= 15 is 0 Å². The molecule has 0 aromatic carbocycles. The Kier molecular flexibility index (Phi) is 3.42. The van der Waals surface area contributed by atoms with Crippen molar-refractivity contribution in [2.75, 3.05) is 13.1 Å². The van der Waals surface area contributed by atoms with Gasteiger partial charge in [0, 0.05) is 12.2 Å². The molecule has 1 aliphatic rings. The smallest absolute Gasteiger partial charge is 0.315 e. The van der Waals surface area contributed by atoms with Crippen LogP contribution in [-0.4, -0.2) is 22.9 Å². The molecular weight excluding hydrogens is 231 g/mol. The summed E-state index contributed by atoms with van der Waals surface area (Å²) < 4.78 is 39.3. The highest BCUT2D eigenvalue weighted by Crippen LogP contribution is 2.30. The average molecular weight is 247 g/mol. The van der Waals surface area contributed by atoms with E-state index in [0.717, 1.165) is 25.5 Å². The van der Waals surface area contributed by atoms with Crippen molar-refractivity contribution in [3.05, 3.63) is 17.5 Å². The molecule has 1 aromatic rings. The number of halogens is 3. The van der Waals surface area contributed by atoms with Crippen molar-refractivity contribution in [1.29, 1.82) is 0 Å². The highest BCUT2D eigenvalue weighted by molar-refractivity contribution is 5.14. The first-order valence-electron chi connectivity index (χ1n) is 5.88. The minimum absolute atomic E-state index is 0.0507. The summed E-state index contributed by atoms with van der Waals surface area (Å²) in [7, 11) is 0. The fourth-order valence-corrected chi connectivity index (χ4v) is 2.19. The Hall–Kier alpha value is -1.04. The molecule has 2 heterocycles. The summed E-state index contributed by atoms with van der Waals surface area (Å²) in [6, 6.07) is 1.21. The Bertz CT molecular complexity index is 378. The second-order valence-electron chi connectivity index (χ2n) is 4.32. The van der Waals surface area contributed by atoms with Gasteiger partial charge in [-0.15, -0.1) is 0 Å². The van der Waals surface area contributed by atoms with Crippen molar-refractivity contribution in [3.8, 4) is 0 Å². The molecule has 6 heteroatoms. The minimum Gasteiger partial charge on any atom is -0.315 e. The predicted molar refractivity (Wildman–Crippen MR) is 57.7 cm³/mol. The van der Waals surface area contributed by atoms with Crippen LogP contribution in [0.3, 0.4) is 0 Å². The summed E-state index contributed by atoms with van der Waals surface area (Å²) in [5, 5.41) is 6.92. The molecule has 1 aliphatic heterocycles. The van der Waals surface area contributed by atoms with Gasteiger partial charge in [-0.05, 0) is 31.9 Å². The number of aryl methyl sites for hydroxylation is 1. The topological polar surface area (TPSA) is 29.9 Å². The molecule has 0 amide bonds. The van der Waals surface area contributed by atoms with Gasteiger partial charge < -0.3 is 5.32 Å². The molecule has 1 aromatic heterocycles. The van der Waals surface area contributed by atoms with Crippen LogP contribution in [0.15, 0.2) is 6.07 Å². The largest absolute Gasteiger partial charge is 0.435 e. The highest BCUT2D eigenvalue weighted by atomic mass is 19.4. The monoisotopic (exact) mass is 247 g/mol. The summed E-state index contributed by atoms with van der Waals surface area (Å²) in [5.74, 6) is 0. The van der Waals surface area contributed by atoms with Crippen LogP contribution in [0.25, 0.3) is 0 Å². The molecule has 1 N–H and O–H groups in total. The molecule has 0 spiro atoms. The van der Waals surface area contributed by atoms with Crippen LogP contribution in [0.5, 0.6) is 0 Å². The molecule has 0 radical (unpaired) electrons. The van der Waals surface area contributed by atoms with Crippen LogP contribution >= 0.6 is 0 Å². The van der Waals surface area contributed by atoms with Crippen LogP contribution in [0, 0.1) is 0 Å². The lowest BCUT2D eigenvalue weighted by Gasteiger charge is -2.24. The van der Waals surface area contributed by atoms with Gasteiger partial charge in [0.1, 0.15) is 0 Å².